The lowest BCUT2D eigenvalue weighted by molar-refractivity contribution is 0.212. The number of hydrogen-bond donors (Lipinski definition) is 3. The van der Waals surface area contributed by atoms with Gasteiger partial charge in [-0.15, -0.1) is 0 Å². The monoisotopic (exact) mass is 208 g/mol. The maximum absolute atomic E-state index is 5.38. The van der Waals surface area contributed by atoms with Crippen LogP contribution in [0.4, 0.5) is 17.8 Å². The lowest BCUT2D eigenvalue weighted by atomic mass is 10.5. The van der Waals surface area contributed by atoms with Crippen molar-refractivity contribution in [2.75, 3.05) is 16.8 Å². The second-order valence-corrected chi connectivity index (χ2v) is 2.48. The lowest BCUT2D eigenvalue weighted by Crippen LogP contribution is -2.20. The summed E-state index contributed by atoms with van der Waals surface area (Å²) in [5, 5.41) is 2.78. The molecule has 0 bridgehead atoms. The minimum Gasteiger partial charge on any atom is -0.475 e. The highest BCUT2D eigenvalue weighted by molar-refractivity contribution is 5.37. The van der Waals surface area contributed by atoms with E-state index in [1.165, 1.54) is 12.3 Å². The van der Waals surface area contributed by atoms with Crippen molar-refractivity contribution >= 4 is 17.8 Å². The molecule has 1 aromatic rings. The highest BCUT2D eigenvalue weighted by Crippen LogP contribution is 2.06. The molecular formula is C8H12N6O. The van der Waals surface area contributed by atoms with Crippen molar-refractivity contribution in [2.24, 2.45) is 0 Å². The maximum atomic E-state index is 5.38. The first-order valence-corrected chi connectivity index (χ1v) is 4.08. The van der Waals surface area contributed by atoms with Gasteiger partial charge in [0.1, 0.15) is 0 Å². The summed E-state index contributed by atoms with van der Waals surface area (Å²) in [6.45, 7) is 6.96. The van der Waals surface area contributed by atoms with Gasteiger partial charge < -0.3 is 21.5 Å². The van der Waals surface area contributed by atoms with Crippen molar-refractivity contribution < 1.29 is 4.74 Å². The van der Waals surface area contributed by atoms with Crippen LogP contribution in [0.15, 0.2) is 25.5 Å². The molecule has 7 heteroatoms. The molecule has 0 fully saturated rings. The molecule has 1 rings (SSSR count). The van der Waals surface area contributed by atoms with Gasteiger partial charge in [0.15, 0.2) is 6.23 Å². The molecule has 1 atom stereocenters. The molecular weight excluding hydrogens is 196 g/mol. The van der Waals surface area contributed by atoms with Gasteiger partial charge in [0, 0.05) is 0 Å². The zero-order valence-electron chi connectivity index (χ0n) is 8.05. The van der Waals surface area contributed by atoms with Crippen molar-refractivity contribution in [3.63, 3.8) is 0 Å². The van der Waals surface area contributed by atoms with Crippen molar-refractivity contribution in [1.29, 1.82) is 0 Å². The van der Waals surface area contributed by atoms with Crippen LogP contribution in [0.2, 0.25) is 0 Å². The molecule has 0 saturated carbocycles. The van der Waals surface area contributed by atoms with Crippen LogP contribution >= 0.6 is 0 Å². The highest BCUT2D eigenvalue weighted by Gasteiger charge is 2.06. The first-order valence-electron chi connectivity index (χ1n) is 4.08. The fourth-order valence-corrected chi connectivity index (χ4v) is 0.853. The molecule has 0 aliphatic carbocycles. The number of aromatic nitrogens is 3. The summed E-state index contributed by atoms with van der Waals surface area (Å²) < 4.78 is 5.03. The summed E-state index contributed by atoms with van der Waals surface area (Å²) >= 11 is 0. The normalized spacial score (nSPS) is 11.5. The van der Waals surface area contributed by atoms with Gasteiger partial charge in [-0.2, -0.15) is 15.0 Å². The van der Waals surface area contributed by atoms with E-state index in [0.717, 1.165) is 0 Å². The van der Waals surface area contributed by atoms with Gasteiger partial charge in [-0.25, -0.2) is 0 Å². The van der Waals surface area contributed by atoms with Crippen molar-refractivity contribution in [3.05, 3.63) is 25.5 Å². The Balaban J connectivity index is 2.78. The van der Waals surface area contributed by atoms with E-state index in [9.17, 15) is 0 Å². The van der Waals surface area contributed by atoms with Crippen LogP contribution in [0, 0.1) is 0 Å². The topological polar surface area (TPSA) is 112 Å². The number of nitrogen functional groups attached to an aromatic ring is 2. The van der Waals surface area contributed by atoms with E-state index in [1.54, 1.807) is 0 Å². The molecule has 0 spiro atoms. The van der Waals surface area contributed by atoms with Gasteiger partial charge in [-0.05, 0) is 6.08 Å². The predicted molar refractivity (Wildman–Crippen MR) is 57.5 cm³/mol. The summed E-state index contributed by atoms with van der Waals surface area (Å²) in [5.74, 6) is 0.282. The Hall–Kier alpha value is -2.31. The average molecular weight is 208 g/mol. The lowest BCUT2D eigenvalue weighted by Gasteiger charge is -2.13. The van der Waals surface area contributed by atoms with Crippen molar-refractivity contribution in [1.82, 2.24) is 15.0 Å². The molecule has 1 heterocycles. The smallest absolute Gasteiger partial charge is 0.232 e. The van der Waals surface area contributed by atoms with Crippen molar-refractivity contribution in [2.45, 2.75) is 6.23 Å². The maximum Gasteiger partial charge on any atom is 0.232 e. The van der Waals surface area contributed by atoms with Crippen LogP contribution in [0.3, 0.4) is 0 Å². The van der Waals surface area contributed by atoms with Gasteiger partial charge in [-0.1, -0.05) is 13.2 Å². The number of nitrogens with zero attached hydrogens (tertiary/aromatic N) is 3. The minimum absolute atomic E-state index is 0.0337. The van der Waals surface area contributed by atoms with E-state index in [1.807, 2.05) is 0 Å². The van der Waals surface area contributed by atoms with E-state index < -0.39 is 6.23 Å². The van der Waals surface area contributed by atoms with Crippen LogP contribution in [0.5, 0.6) is 0 Å². The molecule has 5 N–H and O–H groups in total. The zero-order valence-corrected chi connectivity index (χ0v) is 8.05. The number of nitrogens with two attached hydrogens (primary N) is 2. The molecule has 0 saturated heterocycles. The molecule has 7 nitrogen and oxygen atoms in total. The molecule has 1 aromatic heterocycles. The van der Waals surface area contributed by atoms with Crippen LogP contribution < -0.4 is 16.8 Å². The fourth-order valence-electron chi connectivity index (χ4n) is 0.853. The minimum atomic E-state index is -0.497. The van der Waals surface area contributed by atoms with Crippen LogP contribution in [-0.4, -0.2) is 21.2 Å². The first-order chi connectivity index (χ1) is 7.15. The molecule has 0 aromatic carbocycles. The van der Waals surface area contributed by atoms with E-state index in [4.69, 9.17) is 16.2 Å². The van der Waals surface area contributed by atoms with Gasteiger partial charge in [0.25, 0.3) is 0 Å². The molecule has 0 aliphatic rings. The Labute approximate surface area is 86.9 Å². The van der Waals surface area contributed by atoms with E-state index in [2.05, 4.69) is 33.4 Å². The largest absolute Gasteiger partial charge is 0.475 e. The van der Waals surface area contributed by atoms with Gasteiger partial charge >= 0.3 is 0 Å². The third-order valence-corrected chi connectivity index (χ3v) is 1.40. The van der Waals surface area contributed by atoms with Gasteiger partial charge in [-0.3, -0.25) is 0 Å². The Bertz CT molecular complexity index is 346. The summed E-state index contributed by atoms with van der Waals surface area (Å²) in [5.41, 5.74) is 10.8. The Morgan fingerprint density at radius 1 is 1.20 bits per heavy atom. The molecule has 0 aliphatic heterocycles. The first kappa shape index (κ1) is 10.8. The fraction of sp³-hybridized carbons (Fsp3) is 0.125. The summed E-state index contributed by atoms with van der Waals surface area (Å²) in [6.07, 6.45) is 2.29. The molecule has 15 heavy (non-hydrogen) atoms. The summed E-state index contributed by atoms with van der Waals surface area (Å²) in [6, 6.07) is 0. The Kier molecular flexibility index (Phi) is 3.44. The van der Waals surface area contributed by atoms with Gasteiger partial charge in [0.05, 0.1) is 6.26 Å². The van der Waals surface area contributed by atoms with Crippen molar-refractivity contribution in [3.8, 4) is 0 Å². The quantitative estimate of drug-likeness (QED) is 0.358. The number of hydrogen-bond acceptors (Lipinski definition) is 7. The van der Waals surface area contributed by atoms with E-state index in [-0.39, 0.29) is 17.8 Å². The van der Waals surface area contributed by atoms with E-state index >= 15 is 0 Å². The number of nitrogens with one attached hydrogen (secondary N) is 1. The zero-order chi connectivity index (χ0) is 11.3. The molecule has 80 valence electrons. The Morgan fingerprint density at radius 3 is 2.27 bits per heavy atom. The number of ether oxygens (including phenoxy) is 1. The predicted octanol–water partition coefficient (Wildman–Crippen LogP) is 0.120. The molecule has 0 amide bonds. The van der Waals surface area contributed by atoms with Crippen LogP contribution in [0.1, 0.15) is 0 Å². The molecule has 0 radical (unpaired) electrons. The average Bonchev–Trinajstić information content (AvgIpc) is 2.15. The summed E-state index contributed by atoms with van der Waals surface area (Å²) in [4.78, 5) is 11.2. The highest BCUT2D eigenvalue weighted by atomic mass is 16.5. The second-order valence-electron chi connectivity index (χ2n) is 2.48. The van der Waals surface area contributed by atoms with Gasteiger partial charge in [0.2, 0.25) is 17.8 Å². The Morgan fingerprint density at radius 2 is 1.80 bits per heavy atom. The third-order valence-electron chi connectivity index (χ3n) is 1.40. The standard InChI is InChI=1S/C8H12N6O/c1-3-5(15-4-2)11-8-13-6(9)12-7(10)14-8/h3-5H,1-2H2,(H5,9,10,11,12,13,14). The SMILES string of the molecule is C=COC(C=C)Nc1nc(N)nc(N)n1. The number of rotatable bonds is 5. The van der Waals surface area contributed by atoms with Crippen LogP contribution in [-0.2, 0) is 4.74 Å². The molecule has 1 unspecified atom stereocenters. The number of anilines is 3. The van der Waals surface area contributed by atoms with E-state index in [0.29, 0.717) is 0 Å². The summed E-state index contributed by atoms with van der Waals surface area (Å²) in [7, 11) is 0. The van der Waals surface area contributed by atoms with Crippen LogP contribution in [0.25, 0.3) is 0 Å². The third kappa shape index (κ3) is 3.14. The second kappa shape index (κ2) is 4.80.